The largest absolute Gasteiger partial charge is 0.430 e. The summed E-state index contributed by atoms with van der Waals surface area (Å²) in [5.74, 6) is -0.360. The van der Waals surface area contributed by atoms with E-state index < -0.39 is 0 Å². The fourth-order valence-electron chi connectivity index (χ4n) is 4.30. The standard InChI is InChI=1S/C28H30N2O2/c1-28(2)25-16-20(29(3)4)12-14-22(25)24(18-32-27(31)19-10-8-7-9-11-19)23-15-13-21(30(5)6)17-26(23)28/h7-18H,1-6H3. The van der Waals surface area contributed by atoms with E-state index in [9.17, 15) is 4.79 Å². The van der Waals surface area contributed by atoms with Gasteiger partial charge in [0.2, 0.25) is 0 Å². The van der Waals surface area contributed by atoms with Crippen LogP contribution in [0.25, 0.3) is 5.57 Å². The van der Waals surface area contributed by atoms with E-state index in [1.807, 2.05) is 46.4 Å². The number of carbonyl (C=O) groups is 1. The summed E-state index contributed by atoms with van der Waals surface area (Å²) in [6, 6.07) is 22.1. The molecule has 164 valence electrons. The molecule has 4 heteroatoms. The summed E-state index contributed by atoms with van der Waals surface area (Å²) < 4.78 is 5.68. The van der Waals surface area contributed by atoms with Crippen LogP contribution in [0.15, 0.2) is 73.0 Å². The van der Waals surface area contributed by atoms with Crippen molar-refractivity contribution in [1.29, 1.82) is 0 Å². The van der Waals surface area contributed by atoms with Gasteiger partial charge in [0.25, 0.3) is 0 Å². The van der Waals surface area contributed by atoms with Gasteiger partial charge in [-0.25, -0.2) is 4.79 Å². The number of hydrogen-bond acceptors (Lipinski definition) is 4. The maximum absolute atomic E-state index is 12.6. The first kappa shape index (κ1) is 21.7. The molecule has 1 aliphatic carbocycles. The summed E-state index contributed by atoms with van der Waals surface area (Å²) in [7, 11) is 8.20. The van der Waals surface area contributed by atoms with Crippen molar-refractivity contribution in [3.05, 3.63) is 101 Å². The van der Waals surface area contributed by atoms with Crippen LogP contribution in [0.1, 0.15) is 46.5 Å². The zero-order valence-electron chi connectivity index (χ0n) is 19.6. The van der Waals surface area contributed by atoms with Crippen LogP contribution in [0.5, 0.6) is 0 Å². The Morgan fingerprint density at radius 2 is 1.28 bits per heavy atom. The molecule has 3 aromatic carbocycles. The lowest BCUT2D eigenvalue weighted by Crippen LogP contribution is -2.28. The van der Waals surface area contributed by atoms with Crippen LogP contribution in [0, 0.1) is 0 Å². The number of rotatable bonds is 4. The number of fused-ring (bicyclic) bond motifs is 2. The molecule has 0 spiro atoms. The minimum Gasteiger partial charge on any atom is -0.430 e. The van der Waals surface area contributed by atoms with Gasteiger partial charge in [-0.3, -0.25) is 0 Å². The molecular formula is C28H30N2O2. The third-order valence-corrected chi connectivity index (χ3v) is 6.26. The summed E-state index contributed by atoms with van der Waals surface area (Å²) >= 11 is 0. The Labute approximate surface area is 190 Å². The Balaban J connectivity index is 1.88. The molecule has 32 heavy (non-hydrogen) atoms. The first-order chi connectivity index (χ1) is 15.2. The SMILES string of the molecule is CN(C)c1ccc2c(c1)C(C)(C)c1cc(N(C)C)ccc1C2=COC(=O)c1ccccc1. The van der Waals surface area contributed by atoms with Gasteiger partial charge in [-0.1, -0.05) is 44.2 Å². The number of hydrogen-bond donors (Lipinski definition) is 0. The highest BCUT2D eigenvalue weighted by Crippen LogP contribution is 2.48. The van der Waals surface area contributed by atoms with Gasteiger partial charge in [-0.05, 0) is 58.7 Å². The molecule has 0 aromatic heterocycles. The number of benzene rings is 3. The van der Waals surface area contributed by atoms with Crippen LogP contribution in [0.4, 0.5) is 11.4 Å². The van der Waals surface area contributed by atoms with E-state index in [-0.39, 0.29) is 11.4 Å². The minimum atomic E-state index is -0.360. The smallest absolute Gasteiger partial charge is 0.342 e. The number of nitrogens with zero attached hydrogens (tertiary/aromatic N) is 2. The van der Waals surface area contributed by atoms with E-state index in [0.29, 0.717) is 5.56 Å². The molecule has 0 fully saturated rings. The zero-order chi connectivity index (χ0) is 23.0. The van der Waals surface area contributed by atoms with Crippen molar-refractivity contribution >= 4 is 22.9 Å². The lowest BCUT2D eigenvalue weighted by molar-refractivity contribution is 0.0664. The van der Waals surface area contributed by atoms with Gasteiger partial charge < -0.3 is 14.5 Å². The van der Waals surface area contributed by atoms with Crippen molar-refractivity contribution in [2.75, 3.05) is 38.0 Å². The van der Waals surface area contributed by atoms with Crippen molar-refractivity contribution in [2.45, 2.75) is 19.3 Å². The van der Waals surface area contributed by atoms with Crippen molar-refractivity contribution in [1.82, 2.24) is 0 Å². The molecule has 3 aromatic rings. The van der Waals surface area contributed by atoms with E-state index in [2.05, 4.69) is 60.0 Å². The van der Waals surface area contributed by atoms with Crippen LogP contribution in [0.2, 0.25) is 0 Å². The monoisotopic (exact) mass is 426 g/mol. The highest BCUT2D eigenvalue weighted by Gasteiger charge is 2.36. The van der Waals surface area contributed by atoms with E-state index in [0.717, 1.165) is 28.1 Å². The number of esters is 1. The molecule has 0 unspecified atom stereocenters. The van der Waals surface area contributed by atoms with Crippen molar-refractivity contribution in [3.63, 3.8) is 0 Å². The van der Waals surface area contributed by atoms with E-state index in [1.165, 1.54) is 11.1 Å². The van der Waals surface area contributed by atoms with Gasteiger partial charge in [-0.2, -0.15) is 0 Å². The average Bonchev–Trinajstić information content (AvgIpc) is 2.79. The lowest BCUT2D eigenvalue weighted by atomic mass is 9.67. The van der Waals surface area contributed by atoms with E-state index in [1.54, 1.807) is 18.4 Å². The Kier molecular flexibility index (Phi) is 5.55. The highest BCUT2D eigenvalue weighted by atomic mass is 16.5. The van der Waals surface area contributed by atoms with Gasteiger partial charge in [0, 0.05) is 50.6 Å². The van der Waals surface area contributed by atoms with Crippen molar-refractivity contribution in [3.8, 4) is 0 Å². The molecule has 1 aliphatic rings. The van der Waals surface area contributed by atoms with E-state index >= 15 is 0 Å². The maximum atomic E-state index is 12.6. The first-order valence-corrected chi connectivity index (χ1v) is 10.8. The predicted octanol–water partition coefficient (Wildman–Crippen LogP) is 5.70. The average molecular weight is 427 g/mol. The second-order valence-corrected chi connectivity index (χ2v) is 9.18. The fraction of sp³-hybridized carbons (Fsp3) is 0.250. The Morgan fingerprint density at radius 1 is 0.781 bits per heavy atom. The molecule has 4 nitrogen and oxygen atoms in total. The topological polar surface area (TPSA) is 32.8 Å². The van der Waals surface area contributed by atoms with Crippen LogP contribution in [-0.2, 0) is 10.2 Å². The van der Waals surface area contributed by atoms with Crippen LogP contribution in [-0.4, -0.2) is 34.2 Å². The molecule has 0 bridgehead atoms. The minimum absolute atomic E-state index is 0.205. The normalized spacial score (nSPS) is 13.6. The molecule has 4 rings (SSSR count). The number of ether oxygens (including phenoxy) is 1. The van der Waals surface area contributed by atoms with Gasteiger partial charge in [0.15, 0.2) is 0 Å². The Hall–Kier alpha value is -3.53. The molecule has 0 amide bonds. The molecule has 0 aliphatic heterocycles. The molecule has 0 radical (unpaired) electrons. The third-order valence-electron chi connectivity index (χ3n) is 6.26. The van der Waals surface area contributed by atoms with Gasteiger partial charge in [0.1, 0.15) is 6.26 Å². The lowest BCUT2D eigenvalue weighted by Gasteiger charge is -2.37. The summed E-state index contributed by atoms with van der Waals surface area (Å²) in [5, 5.41) is 0. The Bertz CT molecular complexity index is 1130. The summed E-state index contributed by atoms with van der Waals surface area (Å²) in [4.78, 5) is 16.9. The molecule has 0 heterocycles. The number of anilines is 2. The van der Waals surface area contributed by atoms with E-state index in [4.69, 9.17) is 4.74 Å². The molecule has 0 saturated carbocycles. The quantitative estimate of drug-likeness (QED) is 0.395. The summed E-state index contributed by atoms with van der Waals surface area (Å²) in [6.45, 7) is 4.52. The Morgan fingerprint density at radius 3 is 1.75 bits per heavy atom. The molecule has 0 saturated heterocycles. The predicted molar refractivity (Wildman–Crippen MR) is 133 cm³/mol. The van der Waals surface area contributed by atoms with Crippen molar-refractivity contribution < 1.29 is 9.53 Å². The second kappa shape index (κ2) is 8.19. The van der Waals surface area contributed by atoms with Crippen molar-refractivity contribution in [2.24, 2.45) is 0 Å². The zero-order valence-corrected chi connectivity index (χ0v) is 19.6. The van der Waals surface area contributed by atoms with Gasteiger partial charge in [0.05, 0.1) is 5.56 Å². The summed E-state index contributed by atoms with van der Waals surface area (Å²) in [5.41, 5.74) is 8.15. The van der Waals surface area contributed by atoms with Crippen LogP contribution >= 0.6 is 0 Å². The molecule has 0 N–H and O–H groups in total. The highest BCUT2D eigenvalue weighted by molar-refractivity contribution is 5.93. The molecular weight excluding hydrogens is 396 g/mol. The fourth-order valence-corrected chi connectivity index (χ4v) is 4.30. The van der Waals surface area contributed by atoms with Crippen LogP contribution in [0.3, 0.4) is 0 Å². The summed E-state index contributed by atoms with van der Waals surface area (Å²) in [6.07, 6.45) is 1.62. The second-order valence-electron chi connectivity index (χ2n) is 9.18. The molecule has 0 atom stereocenters. The third kappa shape index (κ3) is 3.77. The van der Waals surface area contributed by atoms with Gasteiger partial charge in [-0.15, -0.1) is 0 Å². The first-order valence-electron chi connectivity index (χ1n) is 10.8. The van der Waals surface area contributed by atoms with Gasteiger partial charge >= 0.3 is 5.97 Å². The number of carbonyl (C=O) groups excluding carboxylic acids is 1. The maximum Gasteiger partial charge on any atom is 0.342 e. The van der Waals surface area contributed by atoms with Crippen LogP contribution < -0.4 is 9.80 Å².